The summed E-state index contributed by atoms with van der Waals surface area (Å²) in [5, 5.41) is 1.64. The Balaban J connectivity index is 1.56. The molecule has 0 bridgehead atoms. The second-order valence-electron chi connectivity index (χ2n) is 8.17. The number of ether oxygens (including phenoxy) is 3. The van der Waals surface area contributed by atoms with E-state index in [-0.39, 0.29) is 24.7 Å². The molecule has 0 amide bonds. The zero-order chi connectivity index (χ0) is 24.3. The highest BCUT2D eigenvalue weighted by atomic mass is 35.5. The van der Waals surface area contributed by atoms with E-state index in [4.69, 9.17) is 37.4 Å². The molecule has 0 atom stereocenters. The van der Waals surface area contributed by atoms with Gasteiger partial charge in [-0.2, -0.15) is 0 Å². The first kappa shape index (κ1) is 24.4. The lowest BCUT2D eigenvalue weighted by Crippen LogP contribution is -2.48. The topological polar surface area (TPSA) is 60.9 Å². The van der Waals surface area contributed by atoms with Crippen molar-refractivity contribution in [1.82, 2.24) is 4.98 Å². The van der Waals surface area contributed by atoms with Crippen LogP contribution in [0, 0.1) is 11.2 Å². The zero-order valence-corrected chi connectivity index (χ0v) is 20.5. The molecule has 1 fully saturated rings. The second-order valence-corrected chi connectivity index (χ2v) is 9.01. The summed E-state index contributed by atoms with van der Waals surface area (Å²) < 4.78 is 31.0. The summed E-state index contributed by atoms with van der Waals surface area (Å²) in [5.41, 5.74) is 0.176. The number of nitrogens with zero attached hydrogens (tertiary/aromatic N) is 2. The van der Waals surface area contributed by atoms with Crippen molar-refractivity contribution >= 4 is 45.8 Å². The van der Waals surface area contributed by atoms with Crippen molar-refractivity contribution in [2.75, 3.05) is 38.3 Å². The highest BCUT2D eigenvalue weighted by molar-refractivity contribution is 6.36. The maximum Gasteiger partial charge on any atom is 0.315 e. The highest BCUT2D eigenvalue weighted by Gasteiger charge is 2.44. The lowest BCUT2D eigenvalue weighted by molar-refractivity contribution is -0.159. The number of hydrogen-bond donors (Lipinski definition) is 0. The van der Waals surface area contributed by atoms with Crippen molar-refractivity contribution in [3.05, 3.63) is 58.3 Å². The molecule has 0 spiro atoms. The minimum Gasteiger partial charge on any atom is -0.492 e. The average Bonchev–Trinajstić information content (AvgIpc) is 2.84. The van der Waals surface area contributed by atoms with Crippen molar-refractivity contribution in [3.63, 3.8) is 0 Å². The van der Waals surface area contributed by atoms with Crippen LogP contribution in [0.2, 0.25) is 10.0 Å². The largest absolute Gasteiger partial charge is 0.492 e. The Kier molecular flexibility index (Phi) is 7.33. The molecule has 9 heteroatoms. The first-order valence-electron chi connectivity index (χ1n) is 11.0. The van der Waals surface area contributed by atoms with Gasteiger partial charge in [-0.3, -0.25) is 4.79 Å². The first-order valence-corrected chi connectivity index (χ1v) is 11.8. The molecule has 2 heterocycles. The van der Waals surface area contributed by atoms with Crippen LogP contribution in [0.25, 0.3) is 10.9 Å². The molecule has 1 aliphatic rings. The van der Waals surface area contributed by atoms with Crippen LogP contribution in [0.15, 0.2) is 42.5 Å². The number of fused-ring (bicyclic) bond motifs is 1. The van der Waals surface area contributed by atoms with E-state index >= 15 is 0 Å². The van der Waals surface area contributed by atoms with E-state index in [1.54, 1.807) is 37.3 Å². The van der Waals surface area contributed by atoms with Gasteiger partial charge < -0.3 is 19.1 Å². The van der Waals surface area contributed by atoms with E-state index in [0.717, 1.165) is 5.69 Å². The number of piperidine rings is 1. The molecule has 0 aliphatic carbocycles. The van der Waals surface area contributed by atoms with Gasteiger partial charge in [0.1, 0.15) is 29.1 Å². The number of rotatable bonds is 7. The third kappa shape index (κ3) is 4.86. The average molecular weight is 507 g/mol. The number of halogens is 3. The quantitative estimate of drug-likeness (QED) is 0.370. The van der Waals surface area contributed by atoms with Gasteiger partial charge in [0.2, 0.25) is 5.88 Å². The molecule has 0 saturated carbocycles. The summed E-state index contributed by atoms with van der Waals surface area (Å²) in [6.07, 6.45) is 1.02. The summed E-state index contributed by atoms with van der Waals surface area (Å²) in [4.78, 5) is 19.4. The predicted octanol–water partition coefficient (Wildman–Crippen LogP) is 5.92. The van der Waals surface area contributed by atoms with E-state index in [9.17, 15) is 9.18 Å². The minimum atomic E-state index is -0.841. The molecule has 1 aromatic heterocycles. The molecular formula is C25H25Cl2FN2O4. The number of pyridine rings is 1. The summed E-state index contributed by atoms with van der Waals surface area (Å²) in [6, 6.07) is 11.6. The fraction of sp³-hybridized carbons (Fsp3) is 0.360. The van der Waals surface area contributed by atoms with E-state index in [1.165, 1.54) is 13.2 Å². The smallest absolute Gasteiger partial charge is 0.315 e. The van der Waals surface area contributed by atoms with Gasteiger partial charge in [-0.25, -0.2) is 9.37 Å². The molecular weight excluding hydrogens is 482 g/mol. The van der Waals surface area contributed by atoms with Gasteiger partial charge in [-0.15, -0.1) is 0 Å². The lowest BCUT2D eigenvalue weighted by Gasteiger charge is -2.40. The van der Waals surface area contributed by atoms with Crippen molar-refractivity contribution in [3.8, 4) is 11.6 Å². The molecule has 180 valence electrons. The van der Waals surface area contributed by atoms with E-state index in [2.05, 4.69) is 9.88 Å². The van der Waals surface area contributed by atoms with Gasteiger partial charge in [0.05, 0.1) is 24.4 Å². The van der Waals surface area contributed by atoms with Crippen molar-refractivity contribution in [2.45, 2.75) is 19.8 Å². The van der Waals surface area contributed by atoms with Crippen LogP contribution < -0.4 is 14.4 Å². The normalized spacial score (nSPS) is 15.3. The van der Waals surface area contributed by atoms with Gasteiger partial charge in [-0.05, 0) is 56.2 Å². The van der Waals surface area contributed by atoms with Crippen molar-refractivity contribution in [1.29, 1.82) is 0 Å². The molecule has 2 aromatic carbocycles. The van der Waals surface area contributed by atoms with Crippen LogP contribution in [0.1, 0.15) is 19.8 Å². The van der Waals surface area contributed by atoms with Crippen LogP contribution in [0.3, 0.4) is 0 Å². The zero-order valence-electron chi connectivity index (χ0n) is 18.9. The Bertz CT molecular complexity index is 1200. The molecule has 3 aromatic rings. The van der Waals surface area contributed by atoms with Gasteiger partial charge >= 0.3 is 5.97 Å². The van der Waals surface area contributed by atoms with Crippen LogP contribution >= 0.6 is 23.2 Å². The summed E-state index contributed by atoms with van der Waals surface area (Å²) >= 11 is 12.4. The van der Waals surface area contributed by atoms with Crippen LogP contribution in [-0.4, -0.2) is 44.4 Å². The minimum absolute atomic E-state index is 0.0980. The number of carbonyl (C=O) groups is 1. The number of anilines is 1. The number of methoxy groups -OCH3 is 1. The second kappa shape index (κ2) is 10.2. The maximum atomic E-state index is 14.4. The van der Waals surface area contributed by atoms with Crippen molar-refractivity contribution in [2.24, 2.45) is 5.41 Å². The number of aromatic nitrogens is 1. The molecule has 0 radical (unpaired) electrons. The molecule has 4 rings (SSSR count). The van der Waals surface area contributed by atoms with Crippen LogP contribution in [-0.2, 0) is 9.53 Å². The molecule has 0 unspecified atom stereocenters. The Hall–Kier alpha value is -2.77. The number of carbonyl (C=O) groups excluding carboxylic acids is 1. The highest BCUT2D eigenvalue weighted by Crippen LogP contribution is 2.39. The predicted molar refractivity (Wildman–Crippen MR) is 131 cm³/mol. The Morgan fingerprint density at radius 2 is 1.91 bits per heavy atom. The molecule has 0 N–H and O–H groups in total. The maximum absolute atomic E-state index is 14.4. The van der Waals surface area contributed by atoms with E-state index in [1.807, 2.05) is 6.07 Å². The summed E-state index contributed by atoms with van der Waals surface area (Å²) in [6.45, 7) is 3.33. The molecule has 6 nitrogen and oxygen atoms in total. The van der Waals surface area contributed by atoms with Crippen LogP contribution in [0.4, 0.5) is 10.1 Å². The Morgan fingerprint density at radius 3 is 2.59 bits per heavy atom. The summed E-state index contributed by atoms with van der Waals surface area (Å²) in [5.74, 6) is -0.0317. The van der Waals surface area contributed by atoms with Crippen LogP contribution in [0.5, 0.6) is 11.6 Å². The Morgan fingerprint density at radius 1 is 1.15 bits per heavy atom. The van der Waals surface area contributed by atoms with E-state index < -0.39 is 11.2 Å². The fourth-order valence-electron chi connectivity index (χ4n) is 4.20. The lowest BCUT2D eigenvalue weighted by atomic mass is 9.79. The third-order valence-corrected chi connectivity index (χ3v) is 6.67. The molecule has 1 aliphatic heterocycles. The number of hydrogen-bond acceptors (Lipinski definition) is 6. The summed E-state index contributed by atoms with van der Waals surface area (Å²) in [7, 11) is 1.47. The number of benzene rings is 2. The van der Waals surface area contributed by atoms with Crippen molar-refractivity contribution < 1.29 is 23.4 Å². The fourth-order valence-corrected chi connectivity index (χ4v) is 4.73. The third-order valence-electron chi connectivity index (χ3n) is 6.13. The van der Waals surface area contributed by atoms with E-state index in [0.29, 0.717) is 53.0 Å². The Labute approximate surface area is 207 Å². The van der Waals surface area contributed by atoms with Gasteiger partial charge in [0, 0.05) is 29.6 Å². The van der Waals surface area contributed by atoms with Gasteiger partial charge in [-0.1, -0.05) is 23.2 Å². The SMILES string of the molecule is CCOC(=O)C1(COc2ccc(F)c3nc(OC)ccc23)CCN(c2ccc(Cl)cc2Cl)CC1. The monoisotopic (exact) mass is 506 g/mol. The van der Waals surface area contributed by atoms with Gasteiger partial charge in [0.15, 0.2) is 0 Å². The molecule has 34 heavy (non-hydrogen) atoms. The number of esters is 1. The molecule has 1 saturated heterocycles. The first-order chi connectivity index (χ1) is 16.4. The van der Waals surface area contributed by atoms with Gasteiger partial charge in [0.25, 0.3) is 0 Å². The standard InChI is InChI=1S/C25H25Cl2FN2O4/c1-3-33-24(31)25(10-12-30(13-11-25)20-7-4-16(26)14-18(20)27)15-34-21-8-6-19(28)23-17(21)5-9-22(29-23)32-2/h4-9,14H,3,10-13,15H2,1-2H3.